The highest BCUT2D eigenvalue weighted by Gasteiger charge is 2.34. The summed E-state index contributed by atoms with van der Waals surface area (Å²) in [4.78, 5) is 27.1. The molecule has 0 saturated carbocycles. The van der Waals surface area contributed by atoms with Crippen LogP contribution in [0.15, 0.2) is 66.7 Å². The van der Waals surface area contributed by atoms with Gasteiger partial charge in [0.25, 0.3) is 5.91 Å². The number of aliphatic hydroxyl groups is 1. The largest absolute Gasteiger partial charge is 0.390 e. The molecule has 0 heterocycles. The lowest BCUT2D eigenvalue weighted by atomic mass is 10.00. The quantitative estimate of drug-likeness (QED) is 0.120. The summed E-state index contributed by atoms with van der Waals surface area (Å²) in [6.07, 6.45) is 1.44. The highest BCUT2D eigenvalue weighted by molar-refractivity contribution is 7.92. The van der Waals surface area contributed by atoms with Crippen molar-refractivity contribution in [3.05, 3.63) is 106 Å². The Labute approximate surface area is 299 Å². The molecule has 0 aliphatic rings. The van der Waals surface area contributed by atoms with Gasteiger partial charge < -0.3 is 21.1 Å². The molecule has 0 fully saturated rings. The maximum absolute atomic E-state index is 14.1. The molecule has 0 saturated heterocycles. The zero-order chi connectivity index (χ0) is 35.3. The van der Waals surface area contributed by atoms with Crippen LogP contribution in [-0.2, 0) is 34.0 Å². The molecule has 0 aliphatic heterocycles. The van der Waals surface area contributed by atoms with E-state index in [4.69, 9.17) is 11.6 Å². The SMILES string of the molecule is CCCC(CCC)S(=O)(=O)CC(NC(=O)c1cccc(Cl)c1)C(=O)N[C@@H](Cc1cc(F)cc(F)c1)[C@H](O)CNCc1cccc(CC)c1.Cl. The zero-order valence-corrected chi connectivity index (χ0v) is 30.4. The third kappa shape index (κ3) is 13.6. The van der Waals surface area contributed by atoms with E-state index in [-0.39, 0.29) is 41.5 Å². The average Bonchev–Trinajstić information content (AvgIpc) is 3.03. The van der Waals surface area contributed by atoms with Crippen molar-refractivity contribution in [1.82, 2.24) is 16.0 Å². The van der Waals surface area contributed by atoms with E-state index in [1.807, 2.05) is 45.0 Å². The maximum atomic E-state index is 14.1. The fourth-order valence-electron chi connectivity index (χ4n) is 5.59. The predicted molar refractivity (Wildman–Crippen MR) is 193 cm³/mol. The normalized spacial score (nSPS) is 13.3. The fraction of sp³-hybridized carbons (Fsp3) is 0.444. The van der Waals surface area contributed by atoms with Gasteiger partial charge in [-0.3, -0.25) is 9.59 Å². The number of aryl methyl sites for hydroxylation is 1. The van der Waals surface area contributed by atoms with Gasteiger partial charge in [-0.25, -0.2) is 17.2 Å². The van der Waals surface area contributed by atoms with Crippen LogP contribution in [0.3, 0.4) is 0 Å². The molecule has 0 radical (unpaired) electrons. The Kier molecular flexibility index (Phi) is 17.6. The third-order valence-electron chi connectivity index (χ3n) is 8.09. The molecule has 1 unspecified atom stereocenters. The molecule has 3 atom stereocenters. The van der Waals surface area contributed by atoms with Gasteiger partial charge in [-0.1, -0.05) is 75.5 Å². The minimum absolute atomic E-state index is 0. The van der Waals surface area contributed by atoms with Gasteiger partial charge in [0.1, 0.15) is 17.7 Å². The number of nitrogens with one attached hydrogen (secondary N) is 3. The first kappa shape index (κ1) is 42.1. The number of amides is 2. The minimum Gasteiger partial charge on any atom is -0.390 e. The Bertz CT molecular complexity index is 1600. The van der Waals surface area contributed by atoms with Crippen LogP contribution in [0.2, 0.25) is 5.02 Å². The lowest BCUT2D eigenvalue weighted by Gasteiger charge is -2.28. The Morgan fingerprint density at radius 1 is 0.857 bits per heavy atom. The Balaban J connectivity index is 0.00000833. The molecule has 8 nitrogen and oxygen atoms in total. The molecule has 4 N–H and O–H groups in total. The minimum atomic E-state index is -3.88. The number of halogens is 4. The van der Waals surface area contributed by atoms with Gasteiger partial charge in [0.05, 0.1) is 23.1 Å². The molecule has 13 heteroatoms. The second-order valence-electron chi connectivity index (χ2n) is 12.0. The number of benzene rings is 3. The van der Waals surface area contributed by atoms with E-state index in [9.17, 15) is 31.9 Å². The van der Waals surface area contributed by atoms with E-state index in [1.165, 1.54) is 12.1 Å². The van der Waals surface area contributed by atoms with E-state index in [1.54, 1.807) is 12.1 Å². The zero-order valence-electron chi connectivity index (χ0n) is 28.1. The van der Waals surface area contributed by atoms with Gasteiger partial charge in [-0.15, -0.1) is 12.4 Å². The summed E-state index contributed by atoms with van der Waals surface area (Å²) in [6.45, 7) is 6.19. The molecule has 3 aromatic carbocycles. The average molecular weight is 743 g/mol. The number of carbonyl (C=O) groups excluding carboxylic acids is 2. The summed E-state index contributed by atoms with van der Waals surface area (Å²) in [7, 11) is -3.88. The fourth-order valence-corrected chi connectivity index (χ4v) is 7.94. The number of hydrogen-bond donors (Lipinski definition) is 4. The van der Waals surface area contributed by atoms with Crippen molar-refractivity contribution in [2.75, 3.05) is 12.3 Å². The highest BCUT2D eigenvalue weighted by Crippen LogP contribution is 2.18. The van der Waals surface area contributed by atoms with Crippen LogP contribution < -0.4 is 16.0 Å². The van der Waals surface area contributed by atoms with E-state index >= 15 is 0 Å². The molecule has 49 heavy (non-hydrogen) atoms. The first-order valence-corrected chi connectivity index (χ1v) is 18.4. The first-order chi connectivity index (χ1) is 22.8. The molecule has 0 spiro atoms. The smallest absolute Gasteiger partial charge is 0.252 e. The summed E-state index contributed by atoms with van der Waals surface area (Å²) < 4.78 is 55.5. The summed E-state index contributed by atoms with van der Waals surface area (Å²) in [6, 6.07) is 14.2. The molecule has 0 aliphatic carbocycles. The van der Waals surface area contributed by atoms with Crippen LogP contribution in [0.5, 0.6) is 0 Å². The number of rotatable bonds is 19. The van der Waals surface area contributed by atoms with Gasteiger partial charge in [-0.05, 0) is 72.7 Å². The number of aliphatic hydroxyl groups excluding tert-OH is 1. The van der Waals surface area contributed by atoms with Crippen molar-refractivity contribution in [3.63, 3.8) is 0 Å². The van der Waals surface area contributed by atoms with Gasteiger partial charge in [0.15, 0.2) is 9.84 Å². The third-order valence-corrected chi connectivity index (χ3v) is 10.6. The molecule has 3 rings (SSSR count). The second-order valence-corrected chi connectivity index (χ2v) is 14.8. The van der Waals surface area contributed by atoms with Crippen LogP contribution in [0.1, 0.15) is 73.5 Å². The van der Waals surface area contributed by atoms with Crippen molar-refractivity contribution in [1.29, 1.82) is 0 Å². The molecular weight excluding hydrogens is 695 g/mol. The highest BCUT2D eigenvalue weighted by atomic mass is 35.5. The molecule has 3 aromatic rings. The van der Waals surface area contributed by atoms with Gasteiger partial charge in [0.2, 0.25) is 5.91 Å². The summed E-state index contributed by atoms with van der Waals surface area (Å²) in [5.74, 6) is -3.91. The van der Waals surface area contributed by atoms with Gasteiger partial charge >= 0.3 is 0 Å². The van der Waals surface area contributed by atoms with Crippen molar-refractivity contribution in [2.45, 2.75) is 89.3 Å². The topological polar surface area (TPSA) is 125 Å². The van der Waals surface area contributed by atoms with Crippen LogP contribution in [0.25, 0.3) is 0 Å². The van der Waals surface area contributed by atoms with Crippen LogP contribution in [-0.4, -0.2) is 61.1 Å². The van der Waals surface area contributed by atoms with Crippen LogP contribution >= 0.6 is 24.0 Å². The van der Waals surface area contributed by atoms with E-state index in [0.717, 1.165) is 35.7 Å². The number of sulfone groups is 1. The Hall–Kier alpha value is -3.09. The lowest BCUT2D eigenvalue weighted by molar-refractivity contribution is -0.124. The monoisotopic (exact) mass is 741 g/mol. The Morgan fingerprint density at radius 2 is 1.49 bits per heavy atom. The van der Waals surface area contributed by atoms with E-state index in [0.29, 0.717) is 32.2 Å². The second kappa shape index (κ2) is 20.6. The summed E-state index contributed by atoms with van der Waals surface area (Å²) in [5.41, 5.74) is 2.43. The van der Waals surface area contributed by atoms with Crippen LogP contribution in [0.4, 0.5) is 8.78 Å². The van der Waals surface area contributed by atoms with Gasteiger partial charge in [0, 0.05) is 29.7 Å². The number of hydrogen-bond acceptors (Lipinski definition) is 6. The standard InChI is InChI=1S/C36H46ClF2N3O5S.ClH/c1-4-9-31(10-5-2)48(46,47)23-33(42-35(44)27-13-8-14-28(37)19-27)36(45)41-32(18-26-16-29(38)20-30(39)17-26)34(43)22-40-21-25-12-7-11-24(6-3)15-25;/h7-8,11-17,19-20,31-34,40,43H,4-6,9-10,18,21-23H2,1-3H3,(H,41,45)(H,42,44);1H/t32-,33?,34+;/m0./s1. The van der Waals surface area contributed by atoms with Crippen molar-refractivity contribution < 1.29 is 31.9 Å². The molecule has 0 bridgehead atoms. The van der Waals surface area contributed by atoms with Crippen molar-refractivity contribution >= 4 is 45.7 Å². The first-order valence-electron chi connectivity index (χ1n) is 16.3. The van der Waals surface area contributed by atoms with Crippen molar-refractivity contribution in [3.8, 4) is 0 Å². The molecule has 2 amide bonds. The Morgan fingerprint density at radius 3 is 2.10 bits per heavy atom. The predicted octanol–water partition coefficient (Wildman–Crippen LogP) is 5.96. The lowest BCUT2D eigenvalue weighted by Crippen LogP contribution is -2.57. The summed E-state index contributed by atoms with van der Waals surface area (Å²) in [5, 5.41) is 19.2. The van der Waals surface area contributed by atoms with Crippen LogP contribution in [0, 0.1) is 11.6 Å². The van der Waals surface area contributed by atoms with Crippen molar-refractivity contribution in [2.24, 2.45) is 0 Å². The maximum Gasteiger partial charge on any atom is 0.252 e. The molecular formula is C36H47Cl2F2N3O5S. The van der Waals surface area contributed by atoms with Gasteiger partial charge in [-0.2, -0.15) is 0 Å². The van der Waals surface area contributed by atoms with E-state index in [2.05, 4.69) is 16.0 Å². The molecule has 0 aromatic heterocycles. The van der Waals surface area contributed by atoms with E-state index < -0.39 is 62.5 Å². The summed E-state index contributed by atoms with van der Waals surface area (Å²) >= 11 is 6.06. The molecule has 270 valence electrons. The number of carbonyl (C=O) groups is 2.